The van der Waals surface area contributed by atoms with E-state index in [2.05, 4.69) is 18.0 Å². The molecule has 1 aromatic carbocycles. The van der Waals surface area contributed by atoms with Gasteiger partial charge in [-0.1, -0.05) is 30.0 Å². The predicted octanol–water partition coefficient (Wildman–Crippen LogP) is 3.02. The third-order valence-electron chi connectivity index (χ3n) is 6.07. The van der Waals surface area contributed by atoms with Crippen LogP contribution in [-0.4, -0.2) is 59.1 Å². The fourth-order valence-corrected chi connectivity index (χ4v) is 7.47. The van der Waals surface area contributed by atoms with E-state index in [4.69, 9.17) is 0 Å². The van der Waals surface area contributed by atoms with Crippen molar-refractivity contribution in [3.63, 3.8) is 0 Å². The maximum atomic E-state index is 13.2. The average molecular weight is 492 g/mol. The molecule has 1 unspecified atom stereocenters. The molecule has 0 spiro atoms. The Morgan fingerprint density at radius 1 is 1.31 bits per heavy atom. The van der Waals surface area contributed by atoms with E-state index in [0.717, 1.165) is 16.7 Å². The molecule has 170 valence electrons. The van der Waals surface area contributed by atoms with Crippen LogP contribution in [-0.2, 0) is 21.7 Å². The molecule has 1 amide bonds. The zero-order valence-electron chi connectivity index (χ0n) is 18.4. The normalized spacial score (nSPS) is 17.7. The van der Waals surface area contributed by atoms with Crippen molar-refractivity contribution in [1.82, 2.24) is 14.5 Å². The maximum Gasteiger partial charge on any atom is 0.263 e. The smallest absolute Gasteiger partial charge is 0.263 e. The van der Waals surface area contributed by atoms with Gasteiger partial charge in [-0.05, 0) is 37.0 Å². The lowest BCUT2D eigenvalue weighted by atomic mass is 10.0. The van der Waals surface area contributed by atoms with Crippen molar-refractivity contribution in [3.8, 4) is 11.1 Å². The van der Waals surface area contributed by atoms with Crippen molar-refractivity contribution in [1.29, 1.82) is 0 Å². The van der Waals surface area contributed by atoms with E-state index < -0.39 is 9.84 Å². The molecule has 7 nitrogen and oxygen atoms in total. The quantitative estimate of drug-likeness (QED) is 0.403. The number of thiophene rings is 1. The Balaban J connectivity index is 1.57. The van der Waals surface area contributed by atoms with Crippen molar-refractivity contribution >= 4 is 49.1 Å². The van der Waals surface area contributed by atoms with Crippen LogP contribution in [0.1, 0.15) is 17.5 Å². The first kappa shape index (κ1) is 23.0. The highest BCUT2D eigenvalue weighted by atomic mass is 32.2. The van der Waals surface area contributed by atoms with E-state index in [0.29, 0.717) is 21.8 Å². The second-order valence-electron chi connectivity index (χ2n) is 8.24. The minimum atomic E-state index is -3.06. The monoisotopic (exact) mass is 491 g/mol. The molecule has 1 aliphatic heterocycles. The summed E-state index contributed by atoms with van der Waals surface area (Å²) in [6, 6.07) is 5.86. The van der Waals surface area contributed by atoms with Crippen LogP contribution in [0.15, 0.2) is 33.5 Å². The summed E-state index contributed by atoms with van der Waals surface area (Å²) in [4.78, 5) is 32.6. The van der Waals surface area contributed by atoms with Crippen LogP contribution in [0.4, 0.5) is 0 Å². The summed E-state index contributed by atoms with van der Waals surface area (Å²) in [6.45, 7) is 4.10. The van der Waals surface area contributed by atoms with E-state index >= 15 is 0 Å². The molecule has 1 aliphatic rings. The van der Waals surface area contributed by atoms with Crippen LogP contribution in [0.3, 0.4) is 0 Å². The molecule has 4 rings (SSSR count). The van der Waals surface area contributed by atoms with Crippen LogP contribution < -0.4 is 5.56 Å². The molecule has 32 heavy (non-hydrogen) atoms. The number of fused-ring (bicyclic) bond motifs is 1. The van der Waals surface area contributed by atoms with Gasteiger partial charge in [0.1, 0.15) is 4.83 Å². The number of sulfone groups is 1. The molecule has 0 saturated carbocycles. The van der Waals surface area contributed by atoms with Gasteiger partial charge in [0.15, 0.2) is 15.0 Å². The minimum Gasteiger partial charge on any atom is -0.341 e. The SMILES string of the molecule is Cc1ccc(-c2csc3nc(SCC(=O)N(C)C4CCS(=O)(=O)C4)n(C)c(=O)c23)cc1C. The molecular weight excluding hydrogens is 466 g/mol. The number of thioether (sulfide) groups is 1. The van der Waals surface area contributed by atoms with E-state index in [1.54, 1.807) is 14.1 Å². The number of hydrogen-bond acceptors (Lipinski definition) is 7. The molecule has 0 aliphatic carbocycles. The standard InChI is InChI=1S/C22H25N3O4S3/c1-13-5-6-15(9-14(13)2)17-10-30-20-19(17)21(27)25(4)22(23-20)31-11-18(26)24(3)16-7-8-32(28,29)12-16/h5-6,9-10,16H,7-8,11-12H2,1-4H3. The van der Waals surface area contributed by atoms with E-state index in [9.17, 15) is 18.0 Å². The Morgan fingerprint density at radius 2 is 2.06 bits per heavy atom. The number of hydrogen-bond donors (Lipinski definition) is 0. The van der Waals surface area contributed by atoms with Gasteiger partial charge in [-0.15, -0.1) is 11.3 Å². The lowest BCUT2D eigenvalue weighted by Gasteiger charge is -2.23. The van der Waals surface area contributed by atoms with Gasteiger partial charge in [0.2, 0.25) is 5.91 Å². The number of amides is 1. The molecule has 0 radical (unpaired) electrons. The topological polar surface area (TPSA) is 89.3 Å². The number of carbonyl (C=O) groups is 1. The van der Waals surface area contributed by atoms with E-state index in [1.165, 1.54) is 38.1 Å². The van der Waals surface area contributed by atoms with Crippen molar-refractivity contribution in [2.24, 2.45) is 7.05 Å². The number of nitrogens with zero attached hydrogens (tertiary/aromatic N) is 3. The van der Waals surface area contributed by atoms with Gasteiger partial charge in [0.05, 0.1) is 22.6 Å². The Kier molecular flexibility index (Phi) is 6.21. The fraction of sp³-hybridized carbons (Fsp3) is 0.409. The molecule has 2 aromatic heterocycles. The van der Waals surface area contributed by atoms with Crippen LogP contribution in [0.5, 0.6) is 0 Å². The highest BCUT2D eigenvalue weighted by molar-refractivity contribution is 7.99. The molecule has 1 atom stereocenters. The lowest BCUT2D eigenvalue weighted by molar-refractivity contribution is -0.128. The maximum absolute atomic E-state index is 13.2. The summed E-state index contributed by atoms with van der Waals surface area (Å²) >= 11 is 2.62. The second-order valence-corrected chi connectivity index (χ2v) is 12.3. The van der Waals surface area contributed by atoms with Gasteiger partial charge in [-0.2, -0.15) is 0 Å². The second kappa shape index (κ2) is 8.64. The van der Waals surface area contributed by atoms with E-state index in [1.807, 2.05) is 24.4 Å². The third-order valence-corrected chi connectivity index (χ3v) is 9.70. The largest absolute Gasteiger partial charge is 0.341 e. The molecule has 3 heterocycles. The van der Waals surface area contributed by atoms with Crippen LogP contribution in [0.2, 0.25) is 0 Å². The van der Waals surface area contributed by atoms with Gasteiger partial charge in [0.25, 0.3) is 5.56 Å². The third kappa shape index (κ3) is 4.35. The van der Waals surface area contributed by atoms with Crippen molar-refractivity contribution in [2.45, 2.75) is 31.5 Å². The molecule has 0 bridgehead atoms. The first-order valence-electron chi connectivity index (χ1n) is 10.2. The molecule has 0 N–H and O–H groups in total. The summed E-state index contributed by atoms with van der Waals surface area (Å²) in [5, 5.41) is 3.01. The zero-order chi connectivity index (χ0) is 23.2. The summed E-state index contributed by atoms with van der Waals surface area (Å²) < 4.78 is 24.9. The van der Waals surface area contributed by atoms with Crippen LogP contribution >= 0.6 is 23.1 Å². The first-order chi connectivity index (χ1) is 15.1. The number of benzene rings is 1. The fourth-order valence-electron chi connectivity index (χ4n) is 3.82. The number of aromatic nitrogens is 2. The summed E-state index contributed by atoms with van der Waals surface area (Å²) in [6.07, 6.45) is 0.467. The van der Waals surface area contributed by atoms with Gasteiger partial charge in [-0.3, -0.25) is 14.2 Å². The van der Waals surface area contributed by atoms with Gasteiger partial charge >= 0.3 is 0 Å². The summed E-state index contributed by atoms with van der Waals surface area (Å²) in [5.41, 5.74) is 4.08. The number of aryl methyl sites for hydroxylation is 2. The van der Waals surface area contributed by atoms with Crippen molar-refractivity contribution in [2.75, 3.05) is 24.3 Å². The highest BCUT2D eigenvalue weighted by Gasteiger charge is 2.32. The molecule has 1 fully saturated rings. The van der Waals surface area contributed by atoms with Crippen LogP contribution in [0, 0.1) is 13.8 Å². The molecular formula is C22H25N3O4S3. The first-order valence-corrected chi connectivity index (χ1v) is 13.9. The molecule has 1 saturated heterocycles. The highest BCUT2D eigenvalue weighted by Crippen LogP contribution is 2.33. The minimum absolute atomic E-state index is 0.0130. The predicted molar refractivity (Wildman–Crippen MR) is 130 cm³/mol. The van der Waals surface area contributed by atoms with Crippen molar-refractivity contribution in [3.05, 3.63) is 45.1 Å². The Morgan fingerprint density at radius 3 is 2.72 bits per heavy atom. The van der Waals surface area contributed by atoms with E-state index in [-0.39, 0.29) is 34.8 Å². The Labute approximate surface area is 195 Å². The summed E-state index contributed by atoms with van der Waals surface area (Å²) in [7, 11) is 0.241. The van der Waals surface area contributed by atoms with Crippen molar-refractivity contribution < 1.29 is 13.2 Å². The number of carbonyl (C=O) groups excluding carboxylic acids is 1. The lowest BCUT2D eigenvalue weighted by Crippen LogP contribution is -2.39. The number of rotatable bonds is 5. The molecule has 10 heteroatoms. The molecule has 3 aromatic rings. The Hall–Kier alpha value is -2.17. The Bertz CT molecular complexity index is 1380. The van der Waals surface area contributed by atoms with Gasteiger partial charge in [-0.25, -0.2) is 13.4 Å². The van der Waals surface area contributed by atoms with Crippen LogP contribution in [0.25, 0.3) is 21.3 Å². The van der Waals surface area contributed by atoms with Gasteiger partial charge < -0.3 is 4.90 Å². The average Bonchev–Trinajstić information content (AvgIpc) is 3.33. The summed E-state index contributed by atoms with van der Waals surface area (Å²) in [5.74, 6) is 0.0531. The van der Waals surface area contributed by atoms with Gasteiger partial charge in [0, 0.05) is 31.1 Å². The zero-order valence-corrected chi connectivity index (χ0v) is 20.9.